The Morgan fingerprint density at radius 1 is 1.47 bits per heavy atom. The molecule has 0 spiro atoms. The Kier molecular flexibility index (Phi) is 4.11. The number of benzene rings is 1. The molecule has 0 radical (unpaired) electrons. The molecule has 3 N–H and O–H groups in total. The van der Waals surface area contributed by atoms with Crippen LogP contribution in [0.2, 0.25) is 0 Å². The molecule has 0 bridgehead atoms. The van der Waals surface area contributed by atoms with Crippen molar-refractivity contribution >= 4 is 27.5 Å². The molecule has 0 saturated carbocycles. The van der Waals surface area contributed by atoms with Crippen molar-refractivity contribution in [2.45, 2.75) is 6.54 Å². The molecule has 2 aromatic rings. The second-order valence-corrected chi connectivity index (χ2v) is 4.75. The first-order chi connectivity index (χ1) is 9.08. The number of carbonyl (C=O) groups excluding carboxylic acids is 1. The summed E-state index contributed by atoms with van der Waals surface area (Å²) in [7, 11) is 0. The van der Waals surface area contributed by atoms with Crippen LogP contribution in [0.4, 0.5) is 10.1 Å². The minimum atomic E-state index is -0.560. The average molecular weight is 324 g/mol. The number of nitrogen functional groups attached to an aromatic ring is 1. The van der Waals surface area contributed by atoms with E-state index in [4.69, 9.17) is 5.73 Å². The zero-order chi connectivity index (χ0) is 13.8. The van der Waals surface area contributed by atoms with Crippen LogP contribution < -0.4 is 11.1 Å². The van der Waals surface area contributed by atoms with Gasteiger partial charge < -0.3 is 11.1 Å². The monoisotopic (exact) mass is 323 g/mol. The molecule has 1 amide bonds. The highest BCUT2D eigenvalue weighted by atomic mass is 79.9. The molecule has 1 heterocycles. The van der Waals surface area contributed by atoms with Crippen molar-refractivity contribution in [1.82, 2.24) is 10.3 Å². The predicted molar refractivity (Wildman–Crippen MR) is 73.9 cm³/mol. The second-order valence-electron chi connectivity index (χ2n) is 3.90. The standard InChI is InChI=1S/C13H11BrFN3O/c14-10-5-11(15)12(16)4-9(10)13(19)18-7-8-2-1-3-17-6-8/h1-6H,7,16H2,(H,18,19). The lowest BCUT2D eigenvalue weighted by molar-refractivity contribution is 0.0950. The van der Waals surface area contributed by atoms with Gasteiger partial charge >= 0.3 is 0 Å². The van der Waals surface area contributed by atoms with Gasteiger partial charge in [0.1, 0.15) is 5.82 Å². The van der Waals surface area contributed by atoms with Gasteiger partial charge in [0.25, 0.3) is 5.91 Å². The number of carbonyl (C=O) groups is 1. The van der Waals surface area contributed by atoms with Gasteiger partial charge in [-0.2, -0.15) is 0 Å². The van der Waals surface area contributed by atoms with Crippen molar-refractivity contribution < 1.29 is 9.18 Å². The number of aromatic nitrogens is 1. The van der Waals surface area contributed by atoms with Crippen molar-refractivity contribution in [3.63, 3.8) is 0 Å². The van der Waals surface area contributed by atoms with Crippen molar-refractivity contribution in [3.05, 3.63) is 58.1 Å². The van der Waals surface area contributed by atoms with Gasteiger partial charge in [0.15, 0.2) is 0 Å². The largest absolute Gasteiger partial charge is 0.396 e. The average Bonchev–Trinajstić information content (AvgIpc) is 2.41. The van der Waals surface area contributed by atoms with Crippen LogP contribution in [0.15, 0.2) is 41.1 Å². The molecule has 0 unspecified atom stereocenters. The molecule has 0 aliphatic heterocycles. The molecule has 98 valence electrons. The summed E-state index contributed by atoms with van der Waals surface area (Å²) in [4.78, 5) is 15.9. The van der Waals surface area contributed by atoms with Crippen LogP contribution in [0.3, 0.4) is 0 Å². The Balaban J connectivity index is 2.10. The number of amides is 1. The number of hydrogen-bond acceptors (Lipinski definition) is 3. The van der Waals surface area contributed by atoms with Gasteiger partial charge in [0.2, 0.25) is 0 Å². The van der Waals surface area contributed by atoms with Gasteiger partial charge in [0, 0.05) is 23.4 Å². The summed E-state index contributed by atoms with van der Waals surface area (Å²) in [6, 6.07) is 6.11. The summed E-state index contributed by atoms with van der Waals surface area (Å²) in [5.74, 6) is -0.891. The van der Waals surface area contributed by atoms with Crippen LogP contribution in [-0.2, 0) is 6.54 Å². The Hall–Kier alpha value is -1.95. The Morgan fingerprint density at radius 3 is 2.95 bits per heavy atom. The molecule has 0 atom stereocenters. The first-order valence-corrected chi connectivity index (χ1v) is 6.29. The SMILES string of the molecule is Nc1cc(C(=O)NCc2cccnc2)c(Br)cc1F. The minimum absolute atomic E-state index is 0.0604. The molecule has 2 rings (SSSR count). The van der Waals surface area contributed by atoms with Gasteiger partial charge in [-0.05, 0) is 39.7 Å². The fourth-order valence-corrected chi connectivity index (χ4v) is 2.02. The topological polar surface area (TPSA) is 68.0 Å². The highest BCUT2D eigenvalue weighted by Crippen LogP contribution is 2.22. The number of anilines is 1. The molecule has 1 aromatic heterocycles. The van der Waals surface area contributed by atoms with Crippen LogP contribution in [0.5, 0.6) is 0 Å². The van der Waals surface area contributed by atoms with Crippen LogP contribution in [0.25, 0.3) is 0 Å². The van der Waals surface area contributed by atoms with Gasteiger partial charge in [-0.1, -0.05) is 6.07 Å². The van der Waals surface area contributed by atoms with Crippen LogP contribution in [-0.4, -0.2) is 10.9 Å². The van der Waals surface area contributed by atoms with E-state index >= 15 is 0 Å². The van der Waals surface area contributed by atoms with Gasteiger partial charge in [-0.3, -0.25) is 9.78 Å². The molecule has 0 saturated heterocycles. The van der Waals surface area contributed by atoms with Crippen LogP contribution in [0, 0.1) is 5.82 Å². The molecular formula is C13H11BrFN3O. The molecule has 6 heteroatoms. The summed E-state index contributed by atoms with van der Waals surface area (Å²) in [6.07, 6.45) is 3.32. The van der Waals surface area contributed by atoms with Crippen LogP contribution in [0.1, 0.15) is 15.9 Å². The van der Waals surface area contributed by atoms with Gasteiger partial charge in [-0.25, -0.2) is 4.39 Å². The molecule has 0 aliphatic rings. The third-order valence-corrected chi connectivity index (χ3v) is 3.16. The van der Waals surface area contributed by atoms with E-state index in [-0.39, 0.29) is 11.6 Å². The lowest BCUT2D eigenvalue weighted by Gasteiger charge is -2.08. The summed E-state index contributed by atoms with van der Waals surface area (Å²) in [5, 5.41) is 2.72. The smallest absolute Gasteiger partial charge is 0.252 e. The number of rotatable bonds is 3. The summed E-state index contributed by atoms with van der Waals surface area (Å²) in [6.45, 7) is 0.344. The van der Waals surface area contributed by atoms with Crippen molar-refractivity contribution in [2.75, 3.05) is 5.73 Å². The Morgan fingerprint density at radius 2 is 2.26 bits per heavy atom. The number of nitrogens with two attached hydrogens (primary N) is 1. The molecule has 1 aromatic carbocycles. The third-order valence-electron chi connectivity index (χ3n) is 2.51. The predicted octanol–water partition coefficient (Wildman–Crippen LogP) is 2.50. The number of halogens is 2. The van der Waals surface area contributed by atoms with E-state index < -0.39 is 5.82 Å². The number of nitrogens with one attached hydrogen (secondary N) is 1. The van der Waals surface area contributed by atoms with E-state index in [1.165, 1.54) is 12.1 Å². The maximum Gasteiger partial charge on any atom is 0.252 e. The highest BCUT2D eigenvalue weighted by Gasteiger charge is 2.13. The minimum Gasteiger partial charge on any atom is -0.396 e. The van der Waals surface area contributed by atoms with E-state index in [2.05, 4.69) is 26.2 Å². The van der Waals surface area contributed by atoms with Crippen molar-refractivity contribution in [2.24, 2.45) is 0 Å². The lowest BCUT2D eigenvalue weighted by atomic mass is 10.1. The summed E-state index contributed by atoms with van der Waals surface area (Å²) in [5.41, 5.74) is 6.56. The van der Waals surface area contributed by atoms with Gasteiger partial charge in [-0.15, -0.1) is 0 Å². The zero-order valence-electron chi connectivity index (χ0n) is 9.86. The molecule has 19 heavy (non-hydrogen) atoms. The van der Waals surface area contributed by atoms with Gasteiger partial charge in [0.05, 0.1) is 11.3 Å². The molecule has 4 nitrogen and oxygen atoms in total. The highest BCUT2D eigenvalue weighted by molar-refractivity contribution is 9.10. The molecule has 0 fully saturated rings. The first-order valence-electron chi connectivity index (χ1n) is 5.49. The maximum atomic E-state index is 13.2. The molecular weight excluding hydrogens is 313 g/mol. The quantitative estimate of drug-likeness (QED) is 0.853. The summed E-state index contributed by atoms with van der Waals surface area (Å²) < 4.78 is 13.5. The van der Waals surface area contributed by atoms with E-state index in [1.54, 1.807) is 18.5 Å². The number of pyridine rings is 1. The van der Waals surface area contributed by atoms with E-state index in [0.29, 0.717) is 16.6 Å². The van der Waals surface area contributed by atoms with Crippen molar-refractivity contribution in [1.29, 1.82) is 0 Å². The van der Waals surface area contributed by atoms with E-state index in [0.717, 1.165) is 5.56 Å². The fourth-order valence-electron chi connectivity index (χ4n) is 1.52. The van der Waals surface area contributed by atoms with E-state index in [1.807, 2.05) is 6.07 Å². The summed E-state index contributed by atoms with van der Waals surface area (Å²) >= 11 is 3.14. The third kappa shape index (κ3) is 3.29. The zero-order valence-corrected chi connectivity index (χ0v) is 11.4. The normalized spacial score (nSPS) is 10.2. The first kappa shape index (κ1) is 13.5. The second kappa shape index (κ2) is 5.79. The Bertz CT molecular complexity index is 604. The van der Waals surface area contributed by atoms with Crippen molar-refractivity contribution in [3.8, 4) is 0 Å². The maximum absolute atomic E-state index is 13.2. The number of nitrogens with zero attached hydrogens (tertiary/aromatic N) is 1. The van der Waals surface area contributed by atoms with E-state index in [9.17, 15) is 9.18 Å². The lowest BCUT2D eigenvalue weighted by Crippen LogP contribution is -2.23. The Labute approximate surface area is 118 Å². The van der Waals surface area contributed by atoms with Crippen LogP contribution >= 0.6 is 15.9 Å². The fraction of sp³-hybridized carbons (Fsp3) is 0.0769. The molecule has 0 aliphatic carbocycles. The number of hydrogen-bond donors (Lipinski definition) is 2.